The zero-order valence-electron chi connectivity index (χ0n) is 11.1. The van der Waals surface area contributed by atoms with Gasteiger partial charge in [-0.1, -0.05) is 0 Å². The van der Waals surface area contributed by atoms with Gasteiger partial charge >= 0.3 is 5.97 Å². The highest BCUT2D eigenvalue weighted by Crippen LogP contribution is 2.30. The molecule has 4 nitrogen and oxygen atoms in total. The Morgan fingerprint density at radius 1 is 1.41 bits per heavy atom. The van der Waals surface area contributed by atoms with E-state index in [2.05, 4.69) is 17.5 Å². The van der Waals surface area contributed by atoms with Crippen molar-refractivity contribution >= 4 is 18.6 Å². The number of thiol groups is 1. The minimum absolute atomic E-state index is 0.437. The molecule has 1 aliphatic heterocycles. The van der Waals surface area contributed by atoms with Gasteiger partial charge in [-0.2, -0.15) is 12.6 Å². The minimum Gasteiger partial charge on any atom is -0.459 e. The first kappa shape index (κ1) is 14.8. The normalized spacial score (nSPS) is 23.2. The van der Waals surface area contributed by atoms with Crippen LogP contribution < -0.4 is 0 Å². The summed E-state index contributed by atoms with van der Waals surface area (Å²) in [4.78, 5) is 14.0. The van der Waals surface area contributed by atoms with E-state index in [-0.39, 0.29) is 0 Å². The summed E-state index contributed by atoms with van der Waals surface area (Å²) >= 11 is 4.25. The van der Waals surface area contributed by atoms with Crippen molar-refractivity contribution in [2.75, 3.05) is 20.1 Å². The predicted octanol–water partition coefficient (Wildman–Crippen LogP) is 1.08. The van der Waals surface area contributed by atoms with Gasteiger partial charge in [0.05, 0.1) is 5.60 Å². The number of piperidine rings is 1. The smallest absolute Gasteiger partial charge is 0.322 e. The molecule has 17 heavy (non-hydrogen) atoms. The molecule has 0 radical (unpaired) electrons. The van der Waals surface area contributed by atoms with Crippen LogP contribution in [-0.4, -0.2) is 52.6 Å². The topological polar surface area (TPSA) is 49.8 Å². The van der Waals surface area contributed by atoms with Crippen LogP contribution in [0.2, 0.25) is 0 Å². The molecule has 0 aromatic heterocycles. The summed E-state index contributed by atoms with van der Waals surface area (Å²) in [5.41, 5.74) is -1.59. The molecule has 1 unspecified atom stereocenters. The Labute approximate surface area is 109 Å². The van der Waals surface area contributed by atoms with E-state index in [1.54, 1.807) is 0 Å². The summed E-state index contributed by atoms with van der Waals surface area (Å²) in [5.74, 6) is -0.437. The molecular formula is C12H23NO3S. The molecule has 0 saturated carbocycles. The third-order valence-corrected chi connectivity index (χ3v) is 3.68. The molecule has 1 atom stereocenters. The summed E-state index contributed by atoms with van der Waals surface area (Å²) < 4.78 is 5.26. The number of nitrogens with zero attached hydrogens (tertiary/aromatic N) is 1. The second kappa shape index (κ2) is 5.16. The molecule has 1 rings (SSSR count). The quantitative estimate of drug-likeness (QED) is 0.577. The van der Waals surface area contributed by atoms with Crippen LogP contribution >= 0.6 is 12.6 Å². The molecule has 0 spiro atoms. The lowest BCUT2D eigenvalue weighted by Crippen LogP contribution is -2.52. The second-order valence-electron chi connectivity index (χ2n) is 5.84. The third-order valence-electron chi connectivity index (χ3n) is 2.99. The Kier molecular flexibility index (Phi) is 4.49. The highest BCUT2D eigenvalue weighted by Gasteiger charge is 2.42. The average Bonchev–Trinajstić information content (AvgIpc) is 2.19. The van der Waals surface area contributed by atoms with E-state index in [1.165, 1.54) is 0 Å². The van der Waals surface area contributed by atoms with Gasteiger partial charge in [0.2, 0.25) is 0 Å². The molecule has 1 N–H and O–H groups in total. The molecule has 0 aromatic carbocycles. The molecular weight excluding hydrogens is 238 g/mol. The summed E-state index contributed by atoms with van der Waals surface area (Å²) in [5, 5.41) is 9.65. The van der Waals surface area contributed by atoms with Crippen LogP contribution in [-0.2, 0) is 9.53 Å². The van der Waals surface area contributed by atoms with E-state index in [9.17, 15) is 9.90 Å². The fourth-order valence-corrected chi connectivity index (χ4v) is 2.17. The van der Waals surface area contributed by atoms with Crippen LogP contribution in [0.5, 0.6) is 0 Å². The second-order valence-corrected chi connectivity index (χ2v) is 6.36. The zero-order chi connectivity index (χ0) is 13.3. The fourth-order valence-electron chi connectivity index (χ4n) is 1.86. The van der Waals surface area contributed by atoms with Gasteiger partial charge in [0, 0.05) is 13.1 Å². The lowest BCUT2D eigenvalue weighted by Gasteiger charge is -2.39. The molecule has 0 aliphatic carbocycles. The van der Waals surface area contributed by atoms with Crippen molar-refractivity contribution < 1.29 is 14.6 Å². The summed E-state index contributed by atoms with van der Waals surface area (Å²) in [6.07, 6.45) is 1.10. The van der Waals surface area contributed by atoms with Crippen molar-refractivity contribution in [3.8, 4) is 0 Å². The molecule has 1 saturated heterocycles. The molecule has 0 aromatic rings. The Bertz CT molecular complexity index is 280. The molecule has 5 heteroatoms. The van der Waals surface area contributed by atoms with E-state index in [0.717, 1.165) is 13.1 Å². The zero-order valence-corrected chi connectivity index (χ0v) is 12.0. The first-order chi connectivity index (χ1) is 7.64. The van der Waals surface area contributed by atoms with E-state index in [1.807, 2.05) is 27.8 Å². The van der Waals surface area contributed by atoms with E-state index < -0.39 is 22.4 Å². The maximum atomic E-state index is 11.9. The van der Waals surface area contributed by atoms with Crippen molar-refractivity contribution in [1.82, 2.24) is 4.90 Å². The van der Waals surface area contributed by atoms with Crippen molar-refractivity contribution in [3.05, 3.63) is 0 Å². The average molecular weight is 261 g/mol. The number of carbonyl (C=O) groups is 1. The number of hydrogen-bond acceptors (Lipinski definition) is 5. The molecule has 0 bridgehead atoms. The first-order valence-electron chi connectivity index (χ1n) is 5.96. The summed E-state index contributed by atoms with van der Waals surface area (Å²) in [7, 11) is 2.00. The highest BCUT2D eigenvalue weighted by molar-refractivity contribution is 7.81. The number of esters is 1. The number of carbonyl (C=O) groups excluding carboxylic acids is 1. The van der Waals surface area contributed by atoms with Crippen molar-refractivity contribution in [2.45, 2.75) is 50.1 Å². The van der Waals surface area contributed by atoms with Crippen LogP contribution in [0.3, 0.4) is 0 Å². The highest BCUT2D eigenvalue weighted by atomic mass is 32.1. The van der Waals surface area contributed by atoms with Gasteiger partial charge in [-0.05, 0) is 40.7 Å². The van der Waals surface area contributed by atoms with Gasteiger partial charge in [-0.25, -0.2) is 0 Å². The van der Waals surface area contributed by atoms with E-state index in [4.69, 9.17) is 4.74 Å². The van der Waals surface area contributed by atoms with Crippen molar-refractivity contribution in [2.24, 2.45) is 0 Å². The van der Waals surface area contributed by atoms with Crippen LogP contribution in [0.25, 0.3) is 0 Å². The van der Waals surface area contributed by atoms with Gasteiger partial charge in [0.1, 0.15) is 10.9 Å². The molecule has 1 heterocycles. The van der Waals surface area contributed by atoms with E-state index in [0.29, 0.717) is 12.8 Å². The maximum Gasteiger partial charge on any atom is 0.322 e. The lowest BCUT2D eigenvalue weighted by atomic mass is 9.88. The fraction of sp³-hybridized carbons (Fsp3) is 0.917. The van der Waals surface area contributed by atoms with Gasteiger partial charge in [-0.3, -0.25) is 4.79 Å². The SMILES string of the molecule is CN1CCC(O)(C(S)C(=O)OC(C)(C)C)CC1. The van der Waals surface area contributed by atoms with Crippen LogP contribution in [0.15, 0.2) is 0 Å². The van der Waals surface area contributed by atoms with Crippen LogP contribution in [0, 0.1) is 0 Å². The third kappa shape index (κ3) is 4.16. The molecule has 100 valence electrons. The minimum atomic E-state index is -1.04. The number of ether oxygens (including phenoxy) is 1. The van der Waals surface area contributed by atoms with Gasteiger partial charge in [0.25, 0.3) is 0 Å². The Hall–Kier alpha value is -0.260. The number of aliphatic hydroxyl groups is 1. The summed E-state index contributed by atoms with van der Waals surface area (Å²) in [6.45, 7) is 6.98. The Balaban J connectivity index is 2.62. The number of rotatable bonds is 2. The Morgan fingerprint density at radius 3 is 2.29 bits per heavy atom. The van der Waals surface area contributed by atoms with Gasteiger partial charge in [0.15, 0.2) is 0 Å². The Morgan fingerprint density at radius 2 is 1.88 bits per heavy atom. The van der Waals surface area contributed by atoms with Gasteiger partial charge in [-0.15, -0.1) is 0 Å². The summed E-state index contributed by atoms with van der Waals surface area (Å²) in [6, 6.07) is 0. The lowest BCUT2D eigenvalue weighted by molar-refractivity contribution is -0.160. The molecule has 1 fully saturated rings. The predicted molar refractivity (Wildman–Crippen MR) is 70.3 cm³/mol. The first-order valence-corrected chi connectivity index (χ1v) is 6.47. The van der Waals surface area contributed by atoms with Crippen LogP contribution in [0.1, 0.15) is 33.6 Å². The largest absolute Gasteiger partial charge is 0.459 e. The monoisotopic (exact) mass is 261 g/mol. The van der Waals surface area contributed by atoms with Crippen molar-refractivity contribution in [3.63, 3.8) is 0 Å². The standard InChI is InChI=1S/C12H23NO3S/c1-11(2,3)16-10(14)9(17)12(15)5-7-13(4)8-6-12/h9,15,17H,5-8H2,1-4H3. The van der Waals surface area contributed by atoms with E-state index >= 15 is 0 Å². The maximum absolute atomic E-state index is 11.9. The molecule has 1 aliphatic rings. The number of likely N-dealkylation sites (tertiary alicyclic amines) is 1. The number of hydrogen-bond donors (Lipinski definition) is 2. The van der Waals surface area contributed by atoms with Gasteiger partial charge < -0.3 is 14.7 Å². The van der Waals surface area contributed by atoms with Crippen LogP contribution in [0.4, 0.5) is 0 Å². The van der Waals surface area contributed by atoms with Crippen molar-refractivity contribution in [1.29, 1.82) is 0 Å². The molecule has 0 amide bonds.